The van der Waals surface area contributed by atoms with E-state index in [0.717, 1.165) is 19.3 Å². The van der Waals surface area contributed by atoms with Gasteiger partial charge in [-0.2, -0.15) is 0 Å². The van der Waals surface area contributed by atoms with Crippen LogP contribution in [0, 0.1) is 23.7 Å². The minimum absolute atomic E-state index is 0.0738. The number of fused-ring (bicyclic) bond motifs is 1. The van der Waals surface area contributed by atoms with Gasteiger partial charge in [0, 0.05) is 12.3 Å². The molecule has 0 unspecified atom stereocenters. The summed E-state index contributed by atoms with van der Waals surface area (Å²) in [6.07, 6.45) is 3.76. The molecule has 4 nitrogen and oxygen atoms in total. The summed E-state index contributed by atoms with van der Waals surface area (Å²) in [4.78, 5) is 12.1. The summed E-state index contributed by atoms with van der Waals surface area (Å²) >= 11 is 0. The molecule has 4 heteroatoms. The normalized spacial score (nSPS) is 59.5. The smallest absolute Gasteiger partial charge is 0.311 e. The fourth-order valence-corrected chi connectivity index (χ4v) is 5.03. The molecule has 2 bridgehead atoms. The number of hydrogen-bond acceptors (Lipinski definition) is 4. The van der Waals surface area contributed by atoms with Gasteiger partial charge in [-0.05, 0) is 38.0 Å². The van der Waals surface area contributed by atoms with Gasteiger partial charge in [0.05, 0.1) is 5.92 Å². The molecule has 0 radical (unpaired) electrons. The van der Waals surface area contributed by atoms with E-state index in [0.29, 0.717) is 11.8 Å². The Labute approximate surface area is 113 Å². The van der Waals surface area contributed by atoms with Gasteiger partial charge >= 0.3 is 5.97 Å². The highest BCUT2D eigenvalue weighted by atomic mass is 16.8. The van der Waals surface area contributed by atoms with Crippen LogP contribution in [0.2, 0.25) is 0 Å². The first-order chi connectivity index (χ1) is 8.96. The largest absolute Gasteiger partial charge is 0.432 e. The van der Waals surface area contributed by atoms with Gasteiger partial charge in [-0.3, -0.25) is 4.79 Å². The molecule has 3 aliphatic heterocycles. The van der Waals surface area contributed by atoms with Crippen molar-refractivity contribution < 1.29 is 19.0 Å². The monoisotopic (exact) mass is 266 g/mol. The summed E-state index contributed by atoms with van der Waals surface area (Å²) in [5, 5.41) is 0. The Kier molecular flexibility index (Phi) is 2.26. The molecule has 7 atom stereocenters. The van der Waals surface area contributed by atoms with Gasteiger partial charge in [0.1, 0.15) is 5.60 Å². The van der Waals surface area contributed by atoms with Crippen molar-refractivity contribution in [3.8, 4) is 0 Å². The van der Waals surface area contributed by atoms with E-state index in [1.165, 1.54) is 6.42 Å². The average Bonchev–Trinajstić information content (AvgIpc) is 2.56. The van der Waals surface area contributed by atoms with Crippen LogP contribution in [0.1, 0.15) is 46.5 Å². The lowest BCUT2D eigenvalue weighted by atomic mass is 9.57. The van der Waals surface area contributed by atoms with Crippen molar-refractivity contribution in [1.29, 1.82) is 0 Å². The van der Waals surface area contributed by atoms with Gasteiger partial charge in [-0.15, -0.1) is 0 Å². The van der Waals surface area contributed by atoms with Crippen LogP contribution in [0.4, 0.5) is 0 Å². The summed E-state index contributed by atoms with van der Waals surface area (Å²) in [6, 6.07) is 0. The Hall–Kier alpha value is -0.610. The van der Waals surface area contributed by atoms with E-state index in [4.69, 9.17) is 14.2 Å². The first-order valence-electron chi connectivity index (χ1n) is 7.55. The van der Waals surface area contributed by atoms with Crippen LogP contribution in [0.5, 0.6) is 0 Å². The van der Waals surface area contributed by atoms with Crippen molar-refractivity contribution in [3.05, 3.63) is 0 Å². The molecule has 0 amide bonds. The van der Waals surface area contributed by atoms with Gasteiger partial charge in [0.25, 0.3) is 0 Å². The lowest BCUT2D eigenvalue weighted by molar-refractivity contribution is -0.263. The lowest BCUT2D eigenvalue weighted by Crippen LogP contribution is -2.65. The molecule has 4 fully saturated rings. The maximum atomic E-state index is 12.1. The molecule has 1 spiro atoms. The van der Waals surface area contributed by atoms with Crippen molar-refractivity contribution in [2.75, 3.05) is 0 Å². The first kappa shape index (κ1) is 12.2. The second-order valence-electron chi connectivity index (χ2n) is 7.07. The van der Waals surface area contributed by atoms with E-state index < -0.39 is 12.1 Å². The Morgan fingerprint density at radius 3 is 2.74 bits per heavy atom. The molecular formula is C15H22O4. The molecule has 0 aromatic heterocycles. The Bertz CT molecular complexity index is 436. The van der Waals surface area contributed by atoms with Crippen molar-refractivity contribution >= 4 is 5.97 Å². The summed E-state index contributed by atoms with van der Waals surface area (Å²) in [5.74, 6) is 0.586. The van der Waals surface area contributed by atoms with E-state index in [9.17, 15) is 4.79 Å². The molecular weight excluding hydrogens is 244 g/mol. The van der Waals surface area contributed by atoms with Crippen LogP contribution in [-0.4, -0.2) is 23.6 Å². The number of esters is 1. The highest BCUT2D eigenvalue weighted by Crippen LogP contribution is 2.62. The van der Waals surface area contributed by atoms with Crippen LogP contribution in [0.3, 0.4) is 0 Å². The third-order valence-corrected chi connectivity index (χ3v) is 6.00. The quantitative estimate of drug-likeness (QED) is 0.632. The average molecular weight is 266 g/mol. The van der Waals surface area contributed by atoms with Crippen LogP contribution in [0.15, 0.2) is 0 Å². The predicted octanol–water partition coefficient (Wildman–Crippen LogP) is 2.46. The first-order valence-corrected chi connectivity index (χ1v) is 7.55. The third kappa shape index (κ3) is 1.34. The Morgan fingerprint density at radius 1 is 1.16 bits per heavy atom. The van der Waals surface area contributed by atoms with Gasteiger partial charge in [0.15, 0.2) is 5.79 Å². The minimum Gasteiger partial charge on any atom is -0.432 e. The fourth-order valence-electron chi connectivity index (χ4n) is 5.03. The van der Waals surface area contributed by atoms with Crippen LogP contribution < -0.4 is 0 Å². The van der Waals surface area contributed by atoms with E-state index >= 15 is 0 Å². The maximum Gasteiger partial charge on any atom is 0.311 e. The third-order valence-electron chi connectivity index (χ3n) is 6.00. The highest BCUT2D eigenvalue weighted by Gasteiger charge is 2.72. The van der Waals surface area contributed by atoms with Gasteiger partial charge in [-0.25, -0.2) is 0 Å². The van der Waals surface area contributed by atoms with Crippen molar-refractivity contribution in [2.45, 2.75) is 64.1 Å². The van der Waals surface area contributed by atoms with E-state index in [-0.39, 0.29) is 23.4 Å². The van der Waals surface area contributed by atoms with Crippen LogP contribution >= 0.6 is 0 Å². The second-order valence-corrected chi connectivity index (χ2v) is 7.07. The SMILES string of the molecule is C[C@@H]1CC[C@H]2[C@@H](C)C(=O)O[C@@H]3O[C@]4(C)CC[C@H]1[C@]32O4. The highest BCUT2D eigenvalue weighted by molar-refractivity contribution is 5.74. The number of carbonyl (C=O) groups excluding carboxylic acids is 1. The van der Waals surface area contributed by atoms with E-state index in [1.807, 2.05) is 13.8 Å². The summed E-state index contributed by atoms with van der Waals surface area (Å²) in [7, 11) is 0. The van der Waals surface area contributed by atoms with Crippen molar-refractivity contribution in [3.63, 3.8) is 0 Å². The van der Waals surface area contributed by atoms with Crippen LogP contribution in [-0.2, 0) is 19.0 Å². The zero-order valence-electron chi connectivity index (χ0n) is 11.8. The van der Waals surface area contributed by atoms with Gasteiger partial charge in [0.2, 0.25) is 6.29 Å². The second kappa shape index (κ2) is 3.53. The standard InChI is InChI=1S/C15H22O4/c1-8-4-5-11-9(2)12(16)17-13-15(11)10(8)6-7-14(3,18-13)19-15/h8-11,13H,4-7H2,1-3H3/t8-,9-,10-,11+,13-,14+,15-/m1/s1. The molecule has 106 valence electrons. The maximum absolute atomic E-state index is 12.1. The number of rotatable bonds is 0. The number of carbonyl (C=O) groups is 1. The molecule has 3 saturated heterocycles. The molecule has 0 aromatic rings. The fraction of sp³-hybridized carbons (Fsp3) is 0.933. The summed E-state index contributed by atoms with van der Waals surface area (Å²) in [6.45, 7) is 6.28. The molecule has 1 aliphatic carbocycles. The molecule has 4 aliphatic rings. The zero-order chi connectivity index (χ0) is 13.4. The molecule has 0 aromatic carbocycles. The topological polar surface area (TPSA) is 44.8 Å². The summed E-state index contributed by atoms with van der Waals surface area (Å²) in [5.41, 5.74) is -0.377. The lowest BCUT2D eigenvalue weighted by Gasteiger charge is -2.56. The number of ether oxygens (including phenoxy) is 3. The minimum atomic E-state index is -0.555. The zero-order valence-corrected chi connectivity index (χ0v) is 11.8. The molecule has 3 heterocycles. The van der Waals surface area contributed by atoms with Crippen LogP contribution in [0.25, 0.3) is 0 Å². The number of hydrogen-bond donors (Lipinski definition) is 0. The Balaban J connectivity index is 1.84. The molecule has 1 saturated carbocycles. The van der Waals surface area contributed by atoms with Crippen molar-refractivity contribution in [1.82, 2.24) is 0 Å². The van der Waals surface area contributed by atoms with Gasteiger partial charge < -0.3 is 14.2 Å². The van der Waals surface area contributed by atoms with Crippen molar-refractivity contribution in [2.24, 2.45) is 23.7 Å². The predicted molar refractivity (Wildman–Crippen MR) is 67.0 cm³/mol. The molecule has 0 N–H and O–H groups in total. The summed E-state index contributed by atoms with van der Waals surface area (Å²) < 4.78 is 18.0. The van der Waals surface area contributed by atoms with E-state index in [2.05, 4.69) is 6.92 Å². The van der Waals surface area contributed by atoms with Gasteiger partial charge in [-0.1, -0.05) is 13.8 Å². The Morgan fingerprint density at radius 2 is 1.95 bits per heavy atom. The molecule has 4 rings (SSSR count). The van der Waals surface area contributed by atoms with E-state index in [1.54, 1.807) is 0 Å². The molecule has 19 heavy (non-hydrogen) atoms.